The lowest BCUT2D eigenvalue weighted by atomic mass is 9.90. The predicted molar refractivity (Wildman–Crippen MR) is 58.9 cm³/mol. The van der Waals surface area contributed by atoms with E-state index >= 15 is 0 Å². The molecular weight excluding hydrogens is 266 g/mol. The van der Waals surface area contributed by atoms with Gasteiger partial charge in [0.2, 0.25) is 0 Å². The van der Waals surface area contributed by atoms with Gasteiger partial charge in [-0.3, -0.25) is 0 Å². The van der Waals surface area contributed by atoms with E-state index in [4.69, 9.17) is 24.2 Å². The molecule has 0 fully saturated rings. The van der Waals surface area contributed by atoms with E-state index < -0.39 is 5.69 Å². The average molecular weight is 273 g/mol. The lowest BCUT2D eigenvalue weighted by molar-refractivity contribution is -0.0435. The molecule has 0 aromatic heterocycles. The van der Waals surface area contributed by atoms with E-state index in [9.17, 15) is 5.11 Å². The zero-order valence-corrected chi connectivity index (χ0v) is 9.82. The van der Waals surface area contributed by atoms with Crippen molar-refractivity contribution in [3.63, 3.8) is 0 Å². The first-order valence-corrected chi connectivity index (χ1v) is 5.25. The van der Waals surface area contributed by atoms with Crippen LogP contribution in [0.1, 0.15) is 11.1 Å². The number of aryl methyl sites for hydroxylation is 1. The molecule has 14 heavy (non-hydrogen) atoms. The fourth-order valence-electron chi connectivity index (χ4n) is 1.57. The number of ether oxygens (including phenoxy) is 1. The summed E-state index contributed by atoms with van der Waals surface area (Å²) in [5, 5.41) is 10.1. The highest BCUT2D eigenvalue weighted by Crippen LogP contribution is 2.43. The van der Waals surface area contributed by atoms with Crippen molar-refractivity contribution in [2.75, 3.05) is 0 Å². The highest BCUT2D eigenvalue weighted by atomic mass is 79.9. The van der Waals surface area contributed by atoms with Gasteiger partial charge in [0.15, 0.2) is 13.5 Å². The second-order valence-electron chi connectivity index (χ2n) is 3.42. The van der Waals surface area contributed by atoms with Gasteiger partial charge in [-0.2, -0.15) is 0 Å². The fourth-order valence-corrected chi connectivity index (χ4v) is 2.36. The van der Waals surface area contributed by atoms with E-state index in [1.807, 2.05) is 13.0 Å². The van der Waals surface area contributed by atoms with Gasteiger partial charge in [0, 0.05) is 16.5 Å². The molecule has 1 aliphatic heterocycles. The van der Waals surface area contributed by atoms with Crippen LogP contribution in [0.25, 0.3) is 0 Å². The first kappa shape index (κ1) is 10.3. The van der Waals surface area contributed by atoms with Gasteiger partial charge >= 0.3 is 0 Å². The molecule has 0 saturated carbocycles. The molecule has 1 aliphatic rings. The second-order valence-corrected chi connectivity index (χ2v) is 4.65. The molecule has 5 heteroatoms. The van der Waals surface area contributed by atoms with Crippen LogP contribution >= 0.6 is 27.5 Å². The van der Waals surface area contributed by atoms with E-state index in [1.54, 1.807) is 0 Å². The van der Waals surface area contributed by atoms with E-state index in [0.29, 0.717) is 10.8 Å². The van der Waals surface area contributed by atoms with Crippen LogP contribution in [0.2, 0.25) is 5.02 Å². The Balaban J connectivity index is 2.61. The SMILES string of the molecule is [B]C1(O)Cc2c(Cl)c(Br)cc(C)c2O1. The third kappa shape index (κ3) is 1.55. The highest BCUT2D eigenvalue weighted by Gasteiger charge is 2.34. The molecule has 2 radical (unpaired) electrons. The van der Waals surface area contributed by atoms with E-state index in [2.05, 4.69) is 15.9 Å². The zero-order valence-electron chi connectivity index (χ0n) is 7.47. The average Bonchev–Trinajstić information content (AvgIpc) is 2.38. The van der Waals surface area contributed by atoms with Crippen molar-refractivity contribution in [2.24, 2.45) is 0 Å². The monoisotopic (exact) mass is 272 g/mol. The largest absolute Gasteiger partial charge is 0.471 e. The lowest BCUT2D eigenvalue weighted by Crippen LogP contribution is -2.34. The molecule has 1 aromatic rings. The molecule has 1 heterocycles. The lowest BCUT2D eigenvalue weighted by Gasteiger charge is -2.16. The Morgan fingerprint density at radius 3 is 3.00 bits per heavy atom. The molecule has 0 spiro atoms. The Kier molecular flexibility index (Phi) is 2.33. The van der Waals surface area contributed by atoms with Crippen molar-refractivity contribution in [3.05, 3.63) is 26.7 Å². The summed E-state index contributed by atoms with van der Waals surface area (Å²) in [7, 11) is 5.48. The Bertz CT molecular complexity index is 406. The number of hydrogen-bond acceptors (Lipinski definition) is 2. The Morgan fingerprint density at radius 1 is 1.71 bits per heavy atom. The third-order valence-electron chi connectivity index (χ3n) is 2.16. The first-order valence-electron chi connectivity index (χ1n) is 4.08. The minimum absolute atomic E-state index is 0.210. The van der Waals surface area contributed by atoms with Crippen LogP contribution in [0, 0.1) is 6.92 Å². The van der Waals surface area contributed by atoms with Crippen molar-refractivity contribution >= 4 is 35.4 Å². The van der Waals surface area contributed by atoms with Gasteiger partial charge < -0.3 is 9.84 Å². The molecular formula is C9H7BBrClO2. The first-order chi connectivity index (χ1) is 6.41. The molecule has 0 saturated heterocycles. The topological polar surface area (TPSA) is 29.5 Å². The van der Waals surface area contributed by atoms with Gasteiger partial charge in [0.25, 0.3) is 0 Å². The van der Waals surface area contributed by atoms with Crippen LogP contribution in [0.3, 0.4) is 0 Å². The summed E-state index contributed by atoms with van der Waals surface area (Å²) in [5.41, 5.74) is 0.0264. The third-order valence-corrected chi connectivity index (χ3v) is 3.44. The van der Waals surface area contributed by atoms with E-state index in [-0.39, 0.29) is 6.42 Å². The fraction of sp³-hybridized carbons (Fsp3) is 0.333. The Morgan fingerprint density at radius 2 is 2.36 bits per heavy atom. The number of benzene rings is 1. The molecule has 1 N–H and O–H groups in total. The summed E-state index contributed by atoms with van der Waals surface area (Å²) in [6.07, 6.45) is 0.210. The molecule has 1 atom stereocenters. The summed E-state index contributed by atoms with van der Waals surface area (Å²) in [5.74, 6) is 0.586. The van der Waals surface area contributed by atoms with Crippen LogP contribution < -0.4 is 4.74 Å². The number of halogens is 2. The normalized spacial score (nSPS) is 24.6. The number of hydrogen-bond donors (Lipinski definition) is 1. The predicted octanol–water partition coefficient (Wildman–Crippen LogP) is 2.16. The molecule has 1 aromatic carbocycles. The van der Waals surface area contributed by atoms with Crippen molar-refractivity contribution < 1.29 is 9.84 Å². The second kappa shape index (κ2) is 3.15. The van der Waals surface area contributed by atoms with Gasteiger partial charge in [-0.05, 0) is 34.5 Å². The standard InChI is InChI=1S/C9H7BBrClO2/c1-4-2-6(11)7(12)5-3-9(10,13)14-8(4)5/h2,13H,3H2,1H3. The molecule has 72 valence electrons. The van der Waals surface area contributed by atoms with E-state index in [1.165, 1.54) is 0 Å². The van der Waals surface area contributed by atoms with E-state index in [0.717, 1.165) is 15.6 Å². The molecule has 2 nitrogen and oxygen atoms in total. The molecule has 1 unspecified atom stereocenters. The van der Waals surface area contributed by atoms with Crippen molar-refractivity contribution in [3.8, 4) is 5.75 Å². The van der Waals surface area contributed by atoms with Gasteiger partial charge in [0.05, 0.1) is 5.02 Å². The van der Waals surface area contributed by atoms with Gasteiger partial charge in [0.1, 0.15) is 5.75 Å². The van der Waals surface area contributed by atoms with Gasteiger partial charge in [-0.15, -0.1) is 0 Å². The van der Waals surface area contributed by atoms with Crippen LogP contribution in [0.4, 0.5) is 0 Å². The number of aliphatic hydroxyl groups is 1. The Labute approximate surface area is 96.8 Å². The van der Waals surface area contributed by atoms with Crippen molar-refractivity contribution in [1.82, 2.24) is 0 Å². The van der Waals surface area contributed by atoms with Gasteiger partial charge in [-0.25, -0.2) is 0 Å². The van der Waals surface area contributed by atoms with Crippen molar-refractivity contribution in [1.29, 1.82) is 0 Å². The maximum absolute atomic E-state index is 9.54. The summed E-state index contributed by atoms with van der Waals surface area (Å²) in [4.78, 5) is 0. The zero-order chi connectivity index (χ0) is 10.5. The smallest absolute Gasteiger partial charge is 0.173 e. The summed E-state index contributed by atoms with van der Waals surface area (Å²) >= 11 is 9.37. The maximum atomic E-state index is 9.54. The van der Waals surface area contributed by atoms with Crippen LogP contribution in [-0.2, 0) is 6.42 Å². The van der Waals surface area contributed by atoms with Crippen LogP contribution in [0.5, 0.6) is 5.75 Å². The van der Waals surface area contributed by atoms with Crippen LogP contribution in [0.15, 0.2) is 10.5 Å². The molecule has 0 amide bonds. The number of fused-ring (bicyclic) bond motifs is 1. The minimum atomic E-state index is -1.63. The molecule has 0 bridgehead atoms. The summed E-state index contributed by atoms with van der Waals surface area (Å²) < 4.78 is 5.98. The van der Waals surface area contributed by atoms with Crippen LogP contribution in [-0.4, -0.2) is 18.6 Å². The molecule has 0 aliphatic carbocycles. The van der Waals surface area contributed by atoms with Gasteiger partial charge in [-0.1, -0.05) is 11.6 Å². The molecule has 2 rings (SSSR count). The summed E-state index contributed by atoms with van der Waals surface area (Å²) in [6.45, 7) is 1.88. The summed E-state index contributed by atoms with van der Waals surface area (Å²) in [6, 6.07) is 1.84. The Hall–Kier alpha value is -0.185. The highest BCUT2D eigenvalue weighted by molar-refractivity contribution is 9.10. The van der Waals surface area contributed by atoms with Crippen molar-refractivity contribution in [2.45, 2.75) is 19.0 Å². The maximum Gasteiger partial charge on any atom is 0.173 e. The minimum Gasteiger partial charge on any atom is -0.471 e. The number of rotatable bonds is 0. The quantitative estimate of drug-likeness (QED) is 0.734.